The molecule has 2 heterocycles. The molecule has 0 unspecified atom stereocenters. The molecule has 0 bridgehead atoms. The molecule has 0 spiro atoms. The second kappa shape index (κ2) is 6.00. The third-order valence-corrected chi connectivity index (χ3v) is 4.37. The normalized spacial score (nSPS) is 14.3. The van der Waals surface area contributed by atoms with Crippen LogP contribution in [0.15, 0.2) is 46.9 Å². The van der Waals surface area contributed by atoms with Crippen LogP contribution in [0.2, 0.25) is 0 Å². The molecule has 0 aliphatic carbocycles. The highest BCUT2D eigenvalue weighted by Crippen LogP contribution is 2.29. The number of carbonyl (C=O) groups is 1. The Morgan fingerprint density at radius 1 is 1.17 bits per heavy atom. The van der Waals surface area contributed by atoms with Crippen LogP contribution in [-0.2, 0) is 4.74 Å². The van der Waals surface area contributed by atoms with Crippen molar-refractivity contribution >= 4 is 22.8 Å². The molecule has 1 aliphatic rings. The van der Waals surface area contributed by atoms with Gasteiger partial charge in [-0.05, 0) is 49.2 Å². The summed E-state index contributed by atoms with van der Waals surface area (Å²) in [5.74, 6) is 0.138. The van der Waals surface area contributed by atoms with Crippen LogP contribution in [0.3, 0.4) is 0 Å². The molecule has 0 N–H and O–H groups in total. The molecule has 0 atom stereocenters. The lowest BCUT2D eigenvalue weighted by molar-refractivity contribution is 0.0601. The maximum atomic E-state index is 11.7. The molecule has 1 saturated heterocycles. The third kappa shape index (κ3) is 2.62. The summed E-state index contributed by atoms with van der Waals surface area (Å²) in [6.45, 7) is 2.19. The maximum absolute atomic E-state index is 11.7. The van der Waals surface area contributed by atoms with Gasteiger partial charge in [-0.25, -0.2) is 9.78 Å². The van der Waals surface area contributed by atoms with Gasteiger partial charge in [0, 0.05) is 24.3 Å². The van der Waals surface area contributed by atoms with Gasteiger partial charge in [0.15, 0.2) is 5.58 Å². The Morgan fingerprint density at radius 3 is 2.79 bits per heavy atom. The van der Waals surface area contributed by atoms with E-state index in [-0.39, 0.29) is 5.97 Å². The number of carbonyl (C=O) groups excluding carboxylic acids is 1. The Labute approximate surface area is 139 Å². The van der Waals surface area contributed by atoms with Crippen LogP contribution in [0.4, 0.5) is 5.69 Å². The van der Waals surface area contributed by atoms with Gasteiger partial charge >= 0.3 is 5.97 Å². The van der Waals surface area contributed by atoms with Crippen molar-refractivity contribution in [3.63, 3.8) is 0 Å². The quantitative estimate of drug-likeness (QED) is 0.685. The van der Waals surface area contributed by atoms with E-state index in [0.29, 0.717) is 11.5 Å². The number of oxazole rings is 1. The van der Waals surface area contributed by atoms with Crippen LogP contribution < -0.4 is 4.90 Å². The van der Waals surface area contributed by atoms with Crippen molar-refractivity contribution in [2.24, 2.45) is 0 Å². The minimum Gasteiger partial charge on any atom is -0.465 e. The van der Waals surface area contributed by atoms with Gasteiger partial charge in [0.25, 0.3) is 0 Å². The number of nitrogens with zero attached hydrogens (tertiary/aromatic N) is 2. The van der Waals surface area contributed by atoms with Crippen molar-refractivity contribution in [3.05, 3.63) is 48.0 Å². The molecule has 0 saturated carbocycles. The Balaban J connectivity index is 1.71. The Bertz CT molecular complexity index is 895. The molecule has 2 aromatic carbocycles. The van der Waals surface area contributed by atoms with E-state index in [4.69, 9.17) is 9.15 Å². The Hall–Kier alpha value is -2.82. The number of anilines is 1. The maximum Gasteiger partial charge on any atom is 0.337 e. The van der Waals surface area contributed by atoms with Crippen LogP contribution >= 0.6 is 0 Å². The second-order valence-electron chi connectivity index (χ2n) is 5.94. The first-order valence-electron chi connectivity index (χ1n) is 8.09. The summed E-state index contributed by atoms with van der Waals surface area (Å²) in [6, 6.07) is 13.2. The second-order valence-corrected chi connectivity index (χ2v) is 5.94. The zero-order valence-electron chi connectivity index (χ0n) is 13.5. The van der Waals surface area contributed by atoms with E-state index in [2.05, 4.69) is 22.0 Å². The fourth-order valence-electron chi connectivity index (χ4n) is 3.11. The van der Waals surface area contributed by atoms with Crippen molar-refractivity contribution in [3.8, 4) is 11.5 Å². The molecule has 4 rings (SSSR count). The fraction of sp³-hybridized carbons (Fsp3) is 0.263. The molecule has 1 fully saturated rings. The van der Waals surface area contributed by atoms with E-state index < -0.39 is 0 Å². The molecule has 24 heavy (non-hydrogen) atoms. The summed E-state index contributed by atoms with van der Waals surface area (Å²) in [5.41, 5.74) is 4.00. The number of fused-ring (bicyclic) bond motifs is 1. The zero-order valence-corrected chi connectivity index (χ0v) is 13.5. The molecule has 1 aliphatic heterocycles. The largest absolute Gasteiger partial charge is 0.465 e. The molecular weight excluding hydrogens is 304 g/mol. The van der Waals surface area contributed by atoms with Crippen LogP contribution in [0.1, 0.15) is 23.2 Å². The molecule has 0 amide bonds. The van der Waals surface area contributed by atoms with Gasteiger partial charge < -0.3 is 14.1 Å². The van der Waals surface area contributed by atoms with E-state index in [1.54, 1.807) is 18.2 Å². The number of rotatable bonds is 3. The van der Waals surface area contributed by atoms with E-state index in [1.165, 1.54) is 25.6 Å². The van der Waals surface area contributed by atoms with Gasteiger partial charge in [-0.3, -0.25) is 0 Å². The minimum absolute atomic E-state index is 0.371. The Morgan fingerprint density at radius 2 is 2.00 bits per heavy atom. The van der Waals surface area contributed by atoms with E-state index in [1.807, 2.05) is 12.1 Å². The molecule has 0 radical (unpaired) electrons. The van der Waals surface area contributed by atoms with E-state index >= 15 is 0 Å². The number of hydrogen-bond acceptors (Lipinski definition) is 5. The molecule has 3 aromatic rings. The van der Waals surface area contributed by atoms with Gasteiger partial charge in [-0.2, -0.15) is 0 Å². The minimum atomic E-state index is -0.371. The number of esters is 1. The van der Waals surface area contributed by atoms with Gasteiger partial charge in [0.05, 0.1) is 12.7 Å². The van der Waals surface area contributed by atoms with Crippen molar-refractivity contribution in [1.29, 1.82) is 0 Å². The van der Waals surface area contributed by atoms with Crippen LogP contribution in [0.25, 0.3) is 22.6 Å². The monoisotopic (exact) mass is 322 g/mol. The smallest absolute Gasteiger partial charge is 0.337 e. The lowest BCUT2D eigenvalue weighted by atomic mass is 10.1. The first-order valence-corrected chi connectivity index (χ1v) is 8.09. The molecule has 1 aromatic heterocycles. The summed E-state index contributed by atoms with van der Waals surface area (Å²) < 4.78 is 10.6. The number of hydrogen-bond donors (Lipinski definition) is 0. The lowest BCUT2D eigenvalue weighted by Gasteiger charge is -2.16. The number of methoxy groups -OCH3 is 1. The summed E-state index contributed by atoms with van der Waals surface area (Å²) in [6.07, 6.45) is 2.48. The van der Waals surface area contributed by atoms with E-state index in [0.717, 1.165) is 29.8 Å². The van der Waals surface area contributed by atoms with Crippen LogP contribution in [0, 0.1) is 0 Å². The highest BCUT2D eigenvalue weighted by atomic mass is 16.5. The number of aromatic nitrogens is 1. The predicted molar refractivity (Wildman–Crippen MR) is 92.2 cm³/mol. The zero-order chi connectivity index (χ0) is 16.5. The van der Waals surface area contributed by atoms with Gasteiger partial charge in [0.1, 0.15) is 5.52 Å². The standard InChI is InChI=1S/C19H18N2O3/c1-23-19(22)14-6-4-5-13(11-14)18-20-16-12-15(7-8-17(16)24-18)21-9-2-3-10-21/h4-8,11-12H,2-3,9-10H2,1H3. The summed E-state index contributed by atoms with van der Waals surface area (Å²) in [7, 11) is 1.37. The fourth-order valence-corrected chi connectivity index (χ4v) is 3.11. The summed E-state index contributed by atoms with van der Waals surface area (Å²) in [5, 5.41) is 0. The van der Waals surface area contributed by atoms with Crippen LogP contribution in [-0.4, -0.2) is 31.2 Å². The van der Waals surface area contributed by atoms with Crippen LogP contribution in [0.5, 0.6) is 0 Å². The molecular formula is C19H18N2O3. The van der Waals surface area contributed by atoms with Crippen molar-refractivity contribution < 1.29 is 13.9 Å². The molecule has 122 valence electrons. The van der Waals surface area contributed by atoms with Gasteiger partial charge in [-0.15, -0.1) is 0 Å². The molecule has 5 heteroatoms. The number of benzene rings is 2. The van der Waals surface area contributed by atoms with Crippen molar-refractivity contribution in [2.45, 2.75) is 12.8 Å². The topological polar surface area (TPSA) is 55.6 Å². The first kappa shape index (κ1) is 14.8. The highest BCUT2D eigenvalue weighted by Gasteiger charge is 2.15. The average molecular weight is 322 g/mol. The Kier molecular flexibility index (Phi) is 3.69. The van der Waals surface area contributed by atoms with Crippen molar-refractivity contribution in [2.75, 3.05) is 25.1 Å². The predicted octanol–water partition coefficient (Wildman–Crippen LogP) is 3.88. The third-order valence-electron chi connectivity index (χ3n) is 4.37. The van der Waals surface area contributed by atoms with E-state index in [9.17, 15) is 4.79 Å². The van der Waals surface area contributed by atoms with Crippen molar-refractivity contribution in [1.82, 2.24) is 4.98 Å². The summed E-state index contributed by atoms with van der Waals surface area (Å²) in [4.78, 5) is 18.6. The number of ether oxygens (including phenoxy) is 1. The van der Waals surface area contributed by atoms with Gasteiger partial charge in [-0.1, -0.05) is 6.07 Å². The van der Waals surface area contributed by atoms with Gasteiger partial charge in [0.2, 0.25) is 5.89 Å². The average Bonchev–Trinajstić information content (AvgIpc) is 3.29. The SMILES string of the molecule is COC(=O)c1cccc(-c2nc3cc(N4CCCC4)ccc3o2)c1. The first-order chi connectivity index (χ1) is 11.7. The lowest BCUT2D eigenvalue weighted by Crippen LogP contribution is -2.17. The highest BCUT2D eigenvalue weighted by molar-refractivity contribution is 5.91. The molecule has 5 nitrogen and oxygen atoms in total. The summed E-state index contributed by atoms with van der Waals surface area (Å²) >= 11 is 0.